The summed E-state index contributed by atoms with van der Waals surface area (Å²) in [6.07, 6.45) is -3.10. The monoisotopic (exact) mass is 711 g/mol. The van der Waals surface area contributed by atoms with Crippen molar-refractivity contribution >= 4 is 45.1 Å². The summed E-state index contributed by atoms with van der Waals surface area (Å²) < 4.78 is 48.5. The van der Waals surface area contributed by atoms with Gasteiger partial charge < -0.3 is 29.6 Å². The smallest absolute Gasteiger partial charge is 0.418 e. The first-order valence-electron chi connectivity index (χ1n) is 14.2. The van der Waals surface area contributed by atoms with E-state index >= 15 is 0 Å². The second kappa shape index (κ2) is 10.9. The molecule has 3 heterocycles. The molecule has 3 aliphatic rings. The van der Waals surface area contributed by atoms with E-state index in [0.29, 0.717) is 28.8 Å². The number of aromatic nitrogens is 2. The standard InChI is InChI=1S/C30H33F3IN5O4/c1-37(2)15-28(8-9-28)17-43-27-35-23-14-39(26(41)20-12-19(40)11-18-5-3-6-22(34)24(18)20)13-21(23)25(36-27)38-10-4-7-29(42,16-38)30(31,32)33/h3,5-6,11-12,40,42H,4,7-10,13-17H2,1-2H3. The summed E-state index contributed by atoms with van der Waals surface area (Å²) in [6.45, 7) is 0.944. The number of phenols is 1. The molecule has 1 aromatic heterocycles. The van der Waals surface area contributed by atoms with Crippen LogP contribution in [0.4, 0.5) is 19.0 Å². The van der Waals surface area contributed by atoms with E-state index in [0.717, 1.165) is 28.3 Å². The molecule has 1 aliphatic carbocycles. The minimum Gasteiger partial charge on any atom is -0.508 e. The zero-order valence-corrected chi connectivity index (χ0v) is 26.1. The summed E-state index contributed by atoms with van der Waals surface area (Å²) in [5.74, 6) is -0.146. The van der Waals surface area contributed by atoms with Crippen LogP contribution in [-0.4, -0.2) is 88.0 Å². The summed E-state index contributed by atoms with van der Waals surface area (Å²) in [6, 6.07) is 8.63. The Morgan fingerprint density at radius 1 is 1.16 bits per heavy atom. The number of ether oxygens (including phenoxy) is 1. The van der Waals surface area contributed by atoms with Crippen LogP contribution in [0, 0.1) is 8.99 Å². The average molecular weight is 712 g/mol. The number of piperidine rings is 1. The third-order valence-electron chi connectivity index (χ3n) is 8.58. The first kappa shape index (κ1) is 30.1. The minimum absolute atomic E-state index is 0.0246. The van der Waals surface area contributed by atoms with Crippen LogP contribution in [0.2, 0.25) is 0 Å². The van der Waals surface area contributed by atoms with Crippen molar-refractivity contribution < 1.29 is 32.9 Å². The summed E-state index contributed by atoms with van der Waals surface area (Å²) >= 11 is 2.15. The van der Waals surface area contributed by atoms with E-state index < -0.39 is 24.7 Å². The molecule has 2 aromatic carbocycles. The Kier molecular flexibility index (Phi) is 7.65. The van der Waals surface area contributed by atoms with Crippen LogP contribution in [0.3, 0.4) is 0 Å². The van der Waals surface area contributed by atoms with Crippen molar-refractivity contribution in [3.8, 4) is 11.8 Å². The molecule has 1 amide bonds. The number of amides is 1. The van der Waals surface area contributed by atoms with Gasteiger partial charge in [-0.25, -0.2) is 0 Å². The first-order chi connectivity index (χ1) is 20.3. The lowest BCUT2D eigenvalue weighted by atomic mass is 9.92. The Morgan fingerprint density at radius 3 is 2.63 bits per heavy atom. The van der Waals surface area contributed by atoms with E-state index in [1.807, 2.05) is 32.3 Å². The number of benzene rings is 2. The van der Waals surface area contributed by atoms with Crippen molar-refractivity contribution in [2.24, 2.45) is 5.41 Å². The highest BCUT2D eigenvalue weighted by molar-refractivity contribution is 14.1. The van der Waals surface area contributed by atoms with Crippen molar-refractivity contribution in [1.82, 2.24) is 19.8 Å². The van der Waals surface area contributed by atoms with E-state index in [9.17, 15) is 28.2 Å². The van der Waals surface area contributed by atoms with Gasteiger partial charge in [-0.15, -0.1) is 0 Å². The molecule has 43 heavy (non-hydrogen) atoms. The van der Waals surface area contributed by atoms with E-state index in [4.69, 9.17) is 4.74 Å². The maximum atomic E-state index is 13.9. The normalized spacial score (nSPS) is 21.4. The van der Waals surface area contributed by atoms with E-state index in [2.05, 4.69) is 37.5 Å². The predicted molar refractivity (Wildman–Crippen MR) is 162 cm³/mol. The quantitative estimate of drug-likeness (QED) is 0.340. The van der Waals surface area contributed by atoms with Gasteiger partial charge in [0.2, 0.25) is 0 Å². The lowest BCUT2D eigenvalue weighted by Crippen LogP contribution is -2.57. The van der Waals surface area contributed by atoms with Crippen LogP contribution < -0.4 is 9.64 Å². The highest BCUT2D eigenvalue weighted by Gasteiger charge is 2.56. The Morgan fingerprint density at radius 2 is 1.93 bits per heavy atom. The van der Waals surface area contributed by atoms with Crippen molar-refractivity contribution in [3.05, 3.63) is 50.7 Å². The number of alkyl halides is 3. The molecule has 2 fully saturated rings. The highest BCUT2D eigenvalue weighted by atomic mass is 127. The van der Waals surface area contributed by atoms with Crippen LogP contribution in [0.15, 0.2) is 30.3 Å². The molecule has 1 saturated heterocycles. The fourth-order valence-corrected chi connectivity index (χ4v) is 7.06. The molecule has 0 radical (unpaired) electrons. The van der Waals surface area contributed by atoms with Gasteiger partial charge in [-0.3, -0.25) is 4.79 Å². The Labute approximate surface area is 260 Å². The van der Waals surface area contributed by atoms with Crippen LogP contribution in [0.1, 0.15) is 47.3 Å². The largest absolute Gasteiger partial charge is 0.508 e. The highest BCUT2D eigenvalue weighted by Crippen LogP contribution is 2.46. The van der Waals surface area contributed by atoms with Gasteiger partial charge in [0.1, 0.15) is 11.6 Å². The zero-order valence-electron chi connectivity index (χ0n) is 23.9. The molecular weight excluding hydrogens is 678 g/mol. The van der Waals surface area contributed by atoms with Crippen molar-refractivity contribution in [1.29, 1.82) is 0 Å². The SMILES string of the molecule is CN(C)CC1(COc2nc3c(c(N4CCCC(O)(C(F)(F)F)C4)n2)CN(C(=O)c2cc(O)cc4cccc(I)c24)C3)CC1. The number of fused-ring (bicyclic) bond motifs is 2. The molecule has 6 rings (SSSR count). The van der Waals surface area contributed by atoms with Crippen LogP contribution in [-0.2, 0) is 13.1 Å². The minimum atomic E-state index is -4.80. The number of phenolic OH excluding ortho intramolecular Hbond substituents is 1. The molecular formula is C30H33F3IN5O4. The number of hydrogen-bond donors (Lipinski definition) is 2. The van der Waals surface area contributed by atoms with Crippen molar-refractivity contribution in [3.63, 3.8) is 0 Å². The summed E-state index contributed by atoms with van der Waals surface area (Å²) in [5.41, 5.74) is -1.56. The number of aliphatic hydroxyl groups is 1. The second-order valence-electron chi connectivity index (χ2n) is 12.3. The van der Waals surface area contributed by atoms with Gasteiger partial charge in [-0.2, -0.15) is 23.1 Å². The van der Waals surface area contributed by atoms with E-state index in [1.165, 1.54) is 11.0 Å². The maximum absolute atomic E-state index is 13.9. The number of hydrogen-bond acceptors (Lipinski definition) is 8. The molecule has 3 aromatic rings. The lowest BCUT2D eigenvalue weighted by Gasteiger charge is -2.41. The summed E-state index contributed by atoms with van der Waals surface area (Å²) in [7, 11) is 3.98. The molecule has 2 N–H and O–H groups in total. The van der Waals surface area contributed by atoms with Gasteiger partial charge in [-0.05, 0) is 86.0 Å². The van der Waals surface area contributed by atoms with Crippen LogP contribution in [0.25, 0.3) is 10.8 Å². The van der Waals surface area contributed by atoms with Crippen LogP contribution >= 0.6 is 22.6 Å². The fourth-order valence-electron chi connectivity index (χ4n) is 6.25. The second-order valence-corrected chi connectivity index (χ2v) is 13.5. The van der Waals surface area contributed by atoms with Gasteiger partial charge in [-0.1, -0.05) is 12.1 Å². The van der Waals surface area contributed by atoms with Gasteiger partial charge in [0.25, 0.3) is 5.91 Å². The maximum Gasteiger partial charge on any atom is 0.418 e. The topological polar surface area (TPSA) is 102 Å². The molecule has 0 spiro atoms. The first-order valence-corrected chi connectivity index (χ1v) is 15.3. The van der Waals surface area contributed by atoms with E-state index in [1.54, 1.807) is 11.0 Å². The summed E-state index contributed by atoms with van der Waals surface area (Å²) in [5, 5.41) is 22.4. The molecule has 1 atom stereocenters. The molecule has 9 nitrogen and oxygen atoms in total. The third kappa shape index (κ3) is 5.82. The molecule has 13 heteroatoms. The number of rotatable bonds is 7. The third-order valence-corrected chi connectivity index (χ3v) is 9.48. The van der Waals surface area contributed by atoms with Gasteiger partial charge in [0.05, 0.1) is 37.5 Å². The number of aromatic hydroxyl groups is 1. The fraction of sp³-hybridized carbons (Fsp3) is 0.500. The number of halogens is 4. The predicted octanol–water partition coefficient (Wildman–Crippen LogP) is 4.71. The molecule has 230 valence electrons. The van der Waals surface area contributed by atoms with E-state index in [-0.39, 0.29) is 55.0 Å². The van der Waals surface area contributed by atoms with Gasteiger partial charge in [0.15, 0.2) is 5.60 Å². The van der Waals surface area contributed by atoms with Gasteiger partial charge in [0, 0.05) is 33.0 Å². The number of anilines is 1. The molecule has 1 saturated carbocycles. The molecule has 2 aliphatic heterocycles. The lowest BCUT2D eigenvalue weighted by molar-refractivity contribution is -0.261. The number of carbonyl (C=O) groups excluding carboxylic acids is 1. The Balaban J connectivity index is 1.34. The van der Waals surface area contributed by atoms with Crippen LogP contribution in [0.5, 0.6) is 11.8 Å². The average Bonchev–Trinajstić information content (AvgIpc) is 3.55. The van der Waals surface area contributed by atoms with Crippen molar-refractivity contribution in [2.45, 2.75) is 50.6 Å². The number of β-amino-alcohol motifs (C(OH)–C–C–N with tert-alkyl or cyclic N) is 1. The van der Waals surface area contributed by atoms with Crippen molar-refractivity contribution in [2.75, 3.05) is 45.2 Å². The zero-order chi connectivity index (χ0) is 30.7. The molecule has 0 bridgehead atoms. The molecule has 1 unspecified atom stereocenters. The number of carbonyl (C=O) groups is 1. The summed E-state index contributed by atoms with van der Waals surface area (Å²) in [4.78, 5) is 28.2. The van der Waals surface area contributed by atoms with Gasteiger partial charge >= 0.3 is 12.2 Å². The Bertz CT molecular complexity index is 1580. The number of nitrogens with zero attached hydrogens (tertiary/aromatic N) is 5. The Hall–Kier alpha value is -2.91.